The van der Waals surface area contributed by atoms with Crippen molar-refractivity contribution in [1.29, 1.82) is 0 Å². The van der Waals surface area contributed by atoms with E-state index in [2.05, 4.69) is 4.98 Å². The molecule has 0 bridgehead atoms. The smallest absolute Gasteiger partial charge is 0.219 e. The van der Waals surface area contributed by atoms with Gasteiger partial charge in [0.1, 0.15) is 5.75 Å². The fraction of sp³-hybridized carbons (Fsp3) is 0.267. The molecule has 0 unspecified atom stereocenters. The van der Waals surface area contributed by atoms with E-state index in [1.807, 2.05) is 43.3 Å². The van der Waals surface area contributed by atoms with Crippen LogP contribution in [0.2, 0.25) is 0 Å². The second-order valence-corrected chi connectivity index (χ2v) is 4.40. The molecule has 1 atom stereocenters. The molecule has 4 nitrogen and oxygen atoms in total. The number of benzene rings is 1. The van der Waals surface area contributed by atoms with Crippen LogP contribution in [0.1, 0.15) is 24.1 Å². The Morgan fingerprint density at radius 1 is 1.32 bits per heavy atom. The zero-order valence-corrected chi connectivity index (χ0v) is 10.9. The van der Waals surface area contributed by atoms with E-state index >= 15 is 0 Å². The maximum Gasteiger partial charge on any atom is 0.219 e. The summed E-state index contributed by atoms with van der Waals surface area (Å²) in [6.45, 7) is 2.01. The van der Waals surface area contributed by atoms with Gasteiger partial charge in [-0.3, -0.25) is 0 Å². The molecule has 0 saturated heterocycles. The first-order valence-corrected chi connectivity index (χ1v) is 6.29. The number of ether oxygens (including phenoxy) is 1. The van der Waals surface area contributed by atoms with Crippen LogP contribution in [0, 0.1) is 0 Å². The number of aromatic nitrogens is 1. The van der Waals surface area contributed by atoms with Crippen LogP contribution in [-0.4, -0.2) is 16.7 Å². The Labute approximate surface area is 112 Å². The minimum atomic E-state index is -0.0574. The topological polar surface area (TPSA) is 68.4 Å². The molecule has 4 heteroatoms. The van der Waals surface area contributed by atoms with E-state index in [0.717, 1.165) is 11.1 Å². The van der Waals surface area contributed by atoms with Crippen LogP contribution < -0.4 is 10.5 Å². The predicted molar refractivity (Wildman–Crippen MR) is 74.1 cm³/mol. The van der Waals surface area contributed by atoms with Gasteiger partial charge in [-0.1, -0.05) is 18.2 Å². The Hall–Kier alpha value is -1.91. The molecule has 0 amide bonds. The minimum absolute atomic E-state index is 0.0574. The first kappa shape index (κ1) is 13.5. The van der Waals surface area contributed by atoms with Crippen LogP contribution in [0.5, 0.6) is 11.6 Å². The number of nitrogens with zero attached hydrogens (tertiary/aromatic N) is 1. The highest BCUT2D eigenvalue weighted by atomic mass is 16.5. The average Bonchev–Trinajstić information content (AvgIpc) is 2.41. The molecule has 1 aromatic heterocycles. The summed E-state index contributed by atoms with van der Waals surface area (Å²) in [6, 6.07) is 11.3. The highest BCUT2D eigenvalue weighted by Gasteiger charge is 2.06. The zero-order chi connectivity index (χ0) is 13.7. The van der Waals surface area contributed by atoms with Gasteiger partial charge < -0.3 is 15.6 Å². The Morgan fingerprint density at radius 2 is 2.11 bits per heavy atom. The molecular weight excluding hydrogens is 240 g/mol. The van der Waals surface area contributed by atoms with Crippen LogP contribution in [-0.2, 0) is 6.42 Å². The van der Waals surface area contributed by atoms with Crippen molar-refractivity contribution in [2.45, 2.75) is 19.4 Å². The molecule has 0 radical (unpaired) electrons. The molecule has 0 aliphatic heterocycles. The standard InChI is InChI=1S/C15H18N2O2/c1-11(16)13-6-8-17-15(10-13)19-14-5-3-2-4-12(14)7-9-18/h2-6,8,10-11,18H,7,9,16H2,1H3/t11-/m1/s1. The molecule has 0 saturated carbocycles. The predicted octanol–water partition coefficient (Wildman–Crippen LogP) is 2.43. The lowest BCUT2D eigenvalue weighted by molar-refractivity contribution is 0.297. The quantitative estimate of drug-likeness (QED) is 0.864. The summed E-state index contributed by atoms with van der Waals surface area (Å²) in [5.74, 6) is 1.23. The lowest BCUT2D eigenvalue weighted by atomic mass is 10.1. The Morgan fingerprint density at radius 3 is 2.84 bits per heavy atom. The van der Waals surface area contributed by atoms with E-state index in [4.69, 9.17) is 15.6 Å². The zero-order valence-electron chi connectivity index (χ0n) is 10.9. The molecule has 2 aromatic rings. The number of hydrogen-bond acceptors (Lipinski definition) is 4. The van der Waals surface area contributed by atoms with Crippen molar-refractivity contribution in [1.82, 2.24) is 4.98 Å². The van der Waals surface area contributed by atoms with Crippen molar-refractivity contribution in [3.8, 4) is 11.6 Å². The van der Waals surface area contributed by atoms with E-state index in [1.54, 1.807) is 6.20 Å². The average molecular weight is 258 g/mol. The van der Waals surface area contributed by atoms with Crippen molar-refractivity contribution < 1.29 is 9.84 Å². The van der Waals surface area contributed by atoms with Crippen molar-refractivity contribution >= 4 is 0 Å². The first-order chi connectivity index (χ1) is 9.20. The molecule has 0 aliphatic carbocycles. The molecule has 1 heterocycles. The van der Waals surface area contributed by atoms with Crippen LogP contribution in [0.15, 0.2) is 42.6 Å². The summed E-state index contributed by atoms with van der Waals surface area (Å²) in [7, 11) is 0. The third kappa shape index (κ3) is 3.53. The third-order valence-electron chi connectivity index (χ3n) is 2.85. The number of pyridine rings is 1. The van der Waals surface area contributed by atoms with Crippen molar-refractivity contribution in [2.75, 3.05) is 6.61 Å². The molecular formula is C15H18N2O2. The van der Waals surface area contributed by atoms with Crippen LogP contribution >= 0.6 is 0 Å². The molecule has 100 valence electrons. The van der Waals surface area contributed by atoms with Crippen LogP contribution in [0.25, 0.3) is 0 Å². The number of rotatable bonds is 5. The maximum atomic E-state index is 9.04. The van der Waals surface area contributed by atoms with Gasteiger partial charge in [-0.25, -0.2) is 4.98 Å². The fourth-order valence-electron chi connectivity index (χ4n) is 1.81. The largest absolute Gasteiger partial charge is 0.439 e. The van der Waals surface area contributed by atoms with E-state index in [-0.39, 0.29) is 12.6 Å². The van der Waals surface area contributed by atoms with Crippen molar-refractivity contribution in [2.24, 2.45) is 5.73 Å². The van der Waals surface area contributed by atoms with Gasteiger partial charge in [-0.05, 0) is 36.6 Å². The molecule has 0 aliphatic rings. The lowest BCUT2D eigenvalue weighted by Gasteiger charge is -2.11. The maximum absolute atomic E-state index is 9.04. The van der Waals surface area contributed by atoms with E-state index < -0.39 is 0 Å². The highest BCUT2D eigenvalue weighted by molar-refractivity contribution is 5.37. The van der Waals surface area contributed by atoms with Gasteiger partial charge in [-0.2, -0.15) is 0 Å². The highest BCUT2D eigenvalue weighted by Crippen LogP contribution is 2.25. The summed E-state index contributed by atoms with van der Waals surface area (Å²) in [5.41, 5.74) is 7.77. The number of hydrogen-bond donors (Lipinski definition) is 2. The Bertz CT molecular complexity index is 541. The van der Waals surface area contributed by atoms with Crippen LogP contribution in [0.3, 0.4) is 0 Å². The van der Waals surface area contributed by atoms with E-state index in [9.17, 15) is 0 Å². The van der Waals surface area contributed by atoms with Crippen molar-refractivity contribution in [3.05, 3.63) is 53.7 Å². The second kappa shape index (κ2) is 6.31. The molecule has 0 spiro atoms. The minimum Gasteiger partial charge on any atom is -0.439 e. The summed E-state index contributed by atoms with van der Waals surface area (Å²) in [6.07, 6.45) is 2.24. The van der Waals surface area contributed by atoms with E-state index in [1.165, 1.54) is 0 Å². The number of nitrogens with two attached hydrogens (primary N) is 1. The Balaban J connectivity index is 2.23. The number of para-hydroxylation sites is 1. The number of aliphatic hydroxyl groups excluding tert-OH is 1. The fourth-order valence-corrected chi connectivity index (χ4v) is 1.81. The molecule has 1 aromatic carbocycles. The molecule has 0 fully saturated rings. The first-order valence-electron chi connectivity index (χ1n) is 6.29. The Kier molecular flexibility index (Phi) is 4.49. The summed E-state index contributed by atoms with van der Waals surface area (Å²) in [5, 5.41) is 9.04. The van der Waals surface area contributed by atoms with Gasteiger partial charge in [0.25, 0.3) is 0 Å². The third-order valence-corrected chi connectivity index (χ3v) is 2.85. The molecule has 2 rings (SSSR count). The summed E-state index contributed by atoms with van der Waals surface area (Å²) >= 11 is 0. The normalized spacial score (nSPS) is 12.2. The van der Waals surface area contributed by atoms with Gasteiger partial charge in [0, 0.05) is 24.9 Å². The van der Waals surface area contributed by atoms with Gasteiger partial charge in [0.2, 0.25) is 5.88 Å². The number of aliphatic hydroxyl groups is 1. The molecule has 19 heavy (non-hydrogen) atoms. The summed E-state index contributed by atoms with van der Waals surface area (Å²) < 4.78 is 5.78. The van der Waals surface area contributed by atoms with Gasteiger partial charge in [0.05, 0.1) is 0 Å². The monoisotopic (exact) mass is 258 g/mol. The van der Waals surface area contributed by atoms with Gasteiger partial charge >= 0.3 is 0 Å². The van der Waals surface area contributed by atoms with Crippen LogP contribution in [0.4, 0.5) is 0 Å². The summed E-state index contributed by atoms with van der Waals surface area (Å²) in [4.78, 5) is 4.18. The van der Waals surface area contributed by atoms with Gasteiger partial charge in [-0.15, -0.1) is 0 Å². The molecule has 3 N–H and O–H groups in total. The lowest BCUT2D eigenvalue weighted by Crippen LogP contribution is -2.05. The van der Waals surface area contributed by atoms with E-state index in [0.29, 0.717) is 18.1 Å². The second-order valence-electron chi connectivity index (χ2n) is 4.40. The SMILES string of the molecule is C[C@@H](N)c1ccnc(Oc2ccccc2CCO)c1. The van der Waals surface area contributed by atoms with Gasteiger partial charge in [0.15, 0.2) is 0 Å². The van der Waals surface area contributed by atoms with Crippen molar-refractivity contribution in [3.63, 3.8) is 0 Å².